The van der Waals surface area contributed by atoms with E-state index in [0.717, 1.165) is 5.92 Å². The summed E-state index contributed by atoms with van der Waals surface area (Å²) >= 11 is 0. The number of likely N-dealkylation sites (N-methyl/N-ethyl adjacent to an activating group) is 1. The van der Waals surface area contributed by atoms with E-state index < -0.39 is 0 Å². The van der Waals surface area contributed by atoms with Crippen LogP contribution in [0.1, 0.15) is 37.8 Å². The number of nitrogens with one attached hydrogen (secondary N) is 1. The van der Waals surface area contributed by atoms with E-state index in [9.17, 15) is 0 Å². The minimum atomic E-state index is 0.430. The van der Waals surface area contributed by atoms with Gasteiger partial charge in [0, 0.05) is 5.54 Å². The average molecular weight is 217 g/mol. The molecule has 1 aromatic rings. The third-order valence-electron chi connectivity index (χ3n) is 3.59. The van der Waals surface area contributed by atoms with Gasteiger partial charge >= 0.3 is 0 Å². The number of rotatable bonds is 5. The van der Waals surface area contributed by atoms with Crippen molar-refractivity contribution in [3.8, 4) is 0 Å². The minimum absolute atomic E-state index is 0.430. The molecule has 0 heterocycles. The topological polar surface area (TPSA) is 12.0 Å². The van der Waals surface area contributed by atoms with Gasteiger partial charge in [0.15, 0.2) is 0 Å². The Morgan fingerprint density at radius 1 is 1.12 bits per heavy atom. The molecule has 1 aromatic carbocycles. The maximum absolute atomic E-state index is 3.45. The summed E-state index contributed by atoms with van der Waals surface area (Å²) in [6.45, 7) is 4.54. The molecular formula is C15H23N. The number of hydrogen-bond acceptors (Lipinski definition) is 1. The average Bonchev–Trinajstić information content (AvgIpc) is 3.01. The summed E-state index contributed by atoms with van der Waals surface area (Å²) in [5.41, 5.74) is 3.37. The van der Waals surface area contributed by atoms with E-state index >= 15 is 0 Å². The smallest absolute Gasteiger partial charge is 0.0220 e. The fourth-order valence-electron chi connectivity index (χ4n) is 2.32. The Kier molecular flexibility index (Phi) is 3.34. The zero-order valence-corrected chi connectivity index (χ0v) is 10.7. The Bertz CT molecular complexity index is 333. The molecule has 0 amide bonds. The fraction of sp³-hybridized carbons (Fsp3) is 0.600. The van der Waals surface area contributed by atoms with Gasteiger partial charge in [0.25, 0.3) is 0 Å². The first-order valence-electron chi connectivity index (χ1n) is 6.40. The van der Waals surface area contributed by atoms with Crippen molar-refractivity contribution in [1.82, 2.24) is 5.32 Å². The van der Waals surface area contributed by atoms with Crippen LogP contribution in [-0.4, -0.2) is 12.6 Å². The van der Waals surface area contributed by atoms with Crippen LogP contribution in [0, 0.1) is 5.92 Å². The van der Waals surface area contributed by atoms with Crippen LogP contribution in [0.2, 0.25) is 0 Å². The molecule has 88 valence electrons. The van der Waals surface area contributed by atoms with E-state index in [-0.39, 0.29) is 0 Å². The van der Waals surface area contributed by atoms with Gasteiger partial charge in [-0.3, -0.25) is 0 Å². The molecule has 1 aliphatic carbocycles. The van der Waals surface area contributed by atoms with Crippen LogP contribution >= 0.6 is 0 Å². The van der Waals surface area contributed by atoms with Gasteiger partial charge in [-0.1, -0.05) is 38.1 Å². The maximum atomic E-state index is 3.45. The van der Waals surface area contributed by atoms with E-state index in [4.69, 9.17) is 0 Å². The van der Waals surface area contributed by atoms with Gasteiger partial charge in [0.2, 0.25) is 0 Å². The first kappa shape index (κ1) is 11.7. The fourth-order valence-corrected chi connectivity index (χ4v) is 2.32. The van der Waals surface area contributed by atoms with Gasteiger partial charge in [-0.15, -0.1) is 0 Å². The van der Waals surface area contributed by atoms with Crippen LogP contribution in [-0.2, 0) is 12.8 Å². The molecule has 1 saturated carbocycles. The molecule has 16 heavy (non-hydrogen) atoms. The normalized spacial score (nSPS) is 17.8. The van der Waals surface area contributed by atoms with Crippen molar-refractivity contribution < 1.29 is 0 Å². The first-order valence-corrected chi connectivity index (χ1v) is 6.40. The lowest BCUT2D eigenvalue weighted by atomic mass is 9.99. The molecule has 0 spiro atoms. The Labute approximate surface area is 99.3 Å². The summed E-state index contributed by atoms with van der Waals surface area (Å²) < 4.78 is 0. The van der Waals surface area contributed by atoms with Crippen molar-refractivity contribution in [2.45, 2.75) is 45.1 Å². The Morgan fingerprint density at radius 2 is 1.69 bits per heavy atom. The second-order valence-corrected chi connectivity index (χ2v) is 5.62. The molecule has 0 atom stereocenters. The summed E-state index contributed by atoms with van der Waals surface area (Å²) in [7, 11) is 2.08. The van der Waals surface area contributed by atoms with Gasteiger partial charge in [-0.25, -0.2) is 0 Å². The van der Waals surface area contributed by atoms with Gasteiger partial charge < -0.3 is 5.32 Å². The van der Waals surface area contributed by atoms with Crippen LogP contribution in [0.5, 0.6) is 0 Å². The molecule has 0 radical (unpaired) electrons. The molecule has 1 aliphatic rings. The first-order chi connectivity index (χ1) is 7.63. The summed E-state index contributed by atoms with van der Waals surface area (Å²) in [6.07, 6.45) is 5.04. The van der Waals surface area contributed by atoms with Crippen molar-refractivity contribution in [3.63, 3.8) is 0 Å². The molecule has 1 heteroatoms. The van der Waals surface area contributed by atoms with Gasteiger partial charge in [0.05, 0.1) is 0 Å². The Balaban J connectivity index is 1.97. The van der Waals surface area contributed by atoms with Gasteiger partial charge in [-0.2, -0.15) is 0 Å². The van der Waals surface area contributed by atoms with Crippen LogP contribution < -0.4 is 5.32 Å². The molecule has 2 rings (SSSR count). The molecule has 1 N–H and O–H groups in total. The van der Waals surface area contributed by atoms with Crippen molar-refractivity contribution in [3.05, 3.63) is 35.4 Å². The largest absolute Gasteiger partial charge is 0.314 e. The van der Waals surface area contributed by atoms with E-state index in [2.05, 4.69) is 50.5 Å². The van der Waals surface area contributed by atoms with Crippen LogP contribution in [0.4, 0.5) is 0 Å². The van der Waals surface area contributed by atoms with E-state index in [1.807, 2.05) is 0 Å². The van der Waals surface area contributed by atoms with Crippen molar-refractivity contribution in [2.75, 3.05) is 7.05 Å². The van der Waals surface area contributed by atoms with E-state index in [1.54, 1.807) is 0 Å². The molecule has 1 fully saturated rings. The highest BCUT2D eigenvalue weighted by atomic mass is 15.0. The lowest BCUT2D eigenvalue weighted by Crippen LogP contribution is -2.29. The Morgan fingerprint density at radius 3 is 2.12 bits per heavy atom. The third-order valence-corrected chi connectivity index (χ3v) is 3.59. The number of benzene rings is 1. The third kappa shape index (κ3) is 2.85. The number of hydrogen-bond donors (Lipinski definition) is 1. The van der Waals surface area contributed by atoms with Gasteiger partial charge in [0.1, 0.15) is 0 Å². The molecule has 0 aromatic heterocycles. The van der Waals surface area contributed by atoms with Crippen LogP contribution in [0.15, 0.2) is 24.3 Å². The lowest BCUT2D eigenvalue weighted by molar-refractivity contribution is 0.548. The van der Waals surface area contributed by atoms with E-state index in [0.29, 0.717) is 5.54 Å². The summed E-state index contributed by atoms with van der Waals surface area (Å²) in [5, 5.41) is 3.45. The zero-order valence-electron chi connectivity index (χ0n) is 10.7. The molecule has 1 nitrogen and oxygen atoms in total. The standard InChI is InChI=1S/C15H23N/c1-12(2)10-13-4-6-14(7-5-13)11-15(16-3)8-9-15/h4-7,12,16H,8-11H2,1-3H3. The SMILES string of the molecule is CNC1(Cc2ccc(CC(C)C)cc2)CC1. The van der Waals surface area contributed by atoms with Crippen molar-refractivity contribution in [1.29, 1.82) is 0 Å². The van der Waals surface area contributed by atoms with Crippen molar-refractivity contribution >= 4 is 0 Å². The van der Waals surface area contributed by atoms with Gasteiger partial charge in [-0.05, 0) is 49.8 Å². The zero-order chi connectivity index (χ0) is 11.6. The Hall–Kier alpha value is -0.820. The summed E-state index contributed by atoms with van der Waals surface area (Å²) in [6, 6.07) is 9.19. The highest BCUT2D eigenvalue weighted by molar-refractivity contribution is 5.26. The highest BCUT2D eigenvalue weighted by Gasteiger charge is 2.40. The lowest BCUT2D eigenvalue weighted by Gasteiger charge is -2.14. The molecular weight excluding hydrogens is 194 g/mol. The maximum Gasteiger partial charge on any atom is 0.0220 e. The summed E-state index contributed by atoms with van der Waals surface area (Å²) in [4.78, 5) is 0. The van der Waals surface area contributed by atoms with Crippen molar-refractivity contribution in [2.24, 2.45) is 5.92 Å². The molecule has 0 aliphatic heterocycles. The van der Waals surface area contributed by atoms with Crippen LogP contribution in [0.25, 0.3) is 0 Å². The molecule has 0 bridgehead atoms. The monoisotopic (exact) mass is 217 g/mol. The van der Waals surface area contributed by atoms with Crippen LogP contribution in [0.3, 0.4) is 0 Å². The summed E-state index contributed by atoms with van der Waals surface area (Å²) in [5.74, 6) is 0.748. The highest BCUT2D eigenvalue weighted by Crippen LogP contribution is 2.38. The van der Waals surface area contributed by atoms with E-state index in [1.165, 1.54) is 36.8 Å². The second-order valence-electron chi connectivity index (χ2n) is 5.62. The quantitative estimate of drug-likeness (QED) is 0.798. The molecule has 0 saturated heterocycles. The molecule has 0 unspecified atom stereocenters. The second kappa shape index (κ2) is 4.58. The predicted octanol–water partition coefficient (Wildman–Crippen LogP) is 3.18. The predicted molar refractivity (Wildman–Crippen MR) is 69.7 cm³/mol. The minimum Gasteiger partial charge on any atom is -0.314 e.